The Labute approximate surface area is 102 Å². The van der Waals surface area contributed by atoms with Crippen molar-refractivity contribution in [3.63, 3.8) is 0 Å². The molecule has 0 unspecified atom stereocenters. The summed E-state index contributed by atoms with van der Waals surface area (Å²) in [6.07, 6.45) is 0. The number of carbonyl (C=O) groups is 1. The van der Waals surface area contributed by atoms with Gasteiger partial charge in [0.25, 0.3) is 11.7 Å². The van der Waals surface area contributed by atoms with Crippen LogP contribution in [0.25, 0.3) is 0 Å². The lowest BCUT2D eigenvalue weighted by molar-refractivity contribution is -0.207. The molecule has 16 heavy (non-hydrogen) atoms. The number of amides is 1. The first kappa shape index (κ1) is 11.6. The van der Waals surface area contributed by atoms with Gasteiger partial charge < -0.3 is 14.8 Å². The molecule has 1 N–H and O–H groups in total. The standard InChI is InChI=1S/C11H12BrNO3/c1-6-4-5-7(12)8-9(6)13-10(14)11(8,15-2)16-3/h4-5H,1-3H3,(H,13,14). The van der Waals surface area contributed by atoms with Crippen LogP contribution in [0.15, 0.2) is 16.6 Å². The van der Waals surface area contributed by atoms with Crippen LogP contribution in [-0.4, -0.2) is 20.1 Å². The molecular weight excluding hydrogens is 274 g/mol. The molecule has 5 heteroatoms. The number of rotatable bonds is 2. The van der Waals surface area contributed by atoms with Gasteiger partial charge in [-0.15, -0.1) is 0 Å². The minimum atomic E-state index is -1.35. The summed E-state index contributed by atoms with van der Waals surface area (Å²) < 4.78 is 11.3. The topological polar surface area (TPSA) is 47.6 Å². The lowest BCUT2D eigenvalue weighted by Gasteiger charge is -2.24. The first-order valence-electron chi connectivity index (χ1n) is 4.78. The Hall–Kier alpha value is -0.910. The molecule has 0 radical (unpaired) electrons. The SMILES string of the molecule is COC1(OC)C(=O)Nc2c(C)ccc(Br)c21. The van der Waals surface area contributed by atoms with E-state index in [0.29, 0.717) is 5.56 Å². The fraction of sp³-hybridized carbons (Fsp3) is 0.364. The van der Waals surface area contributed by atoms with Gasteiger partial charge in [-0.1, -0.05) is 22.0 Å². The minimum Gasteiger partial charge on any atom is -0.342 e. The summed E-state index contributed by atoms with van der Waals surface area (Å²) >= 11 is 3.41. The fourth-order valence-electron chi connectivity index (χ4n) is 1.95. The third-order valence-corrected chi connectivity index (χ3v) is 3.47. The number of anilines is 1. The molecule has 86 valence electrons. The van der Waals surface area contributed by atoms with Gasteiger partial charge in [0.15, 0.2) is 0 Å². The smallest absolute Gasteiger partial charge is 0.289 e. The van der Waals surface area contributed by atoms with Crippen LogP contribution in [0.1, 0.15) is 11.1 Å². The Morgan fingerprint density at radius 2 is 1.94 bits per heavy atom. The van der Waals surface area contributed by atoms with E-state index in [1.54, 1.807) is 0 Å². The Morgan fingerprint density at radius 3 is 2.50 bits per heavy atom. The van der Waals surface area contributed by atoms with Gasteiger partial charge in [-0.25, -0.2) is 0 Å². The van der Waals surface area contributed by atoms with Gasteiger partial charge in [0.1, 0.15) is 0 Å². The molecule has 0 aliphatic carbocycles. The zero-order chi connectivity index (χ0) is 11.9. The molecule has 0 saturated heterocycles. The van der Waals surface area contributed by atoms with E-state index in [4.69, 9.17) is 9.47 Å². The van der Waals surface area contributed by atoms with Gasteiger partial charge in [-0.2, -0.15) is 0 Å². The summed E-state index contributed by atoms with van der Waals surface area (Å²) in [4.78, 5) is 11.9. The highest BCUT2D eigenvalue weighted by molar-refractivity contribution is 9.10. The van der Waals surface area contributed by atoms with Crippen LogP contribution < -0.4 is 5.32 Å². The van der Waals surface area contributed by atoms with Gasteiger partial charge in [0, 0.05) is 18.7 Å². The molecule has 0 atom stereocenters. The number of aryl methyl sites for hydroxylation is 1. The van der Waals surface area contributed by atoms with Crippen molar-refractivity contribution in [2.24, 2.45) is 0 Å². The average Bonchev–Trinajstić information content (AvgIpc) is 2.58. The quantitative estimate of drug-likeness (QED) is 0.847. The number of nitrogens with one attached hydrogen (secondary N) is 1. The third-order valence-electron chi connectivity index (χ3n) is 2.80. The largest absolute Gasteiger partial charge is 0.342 e. The van der Waals surface area contributed by atoms with E-state index < -0.39 is 5.79 Å². The molecule has 0 spiro atoms. The number of hydrogen-bond acceptors (Lipinski definition) is 3. The van der Waals surface area contributed by atoms with E-state index in [1.165, 1.54) is 14.2 Å². The second kappa shape index (κ2) is 3.84. The van der Waals surface area contributed by atoms with Crippen molar-refractivity contribution < 1.29 is 14.3 Å². The Bertz CT molecular complexity index is 455. The molecule has 1 heterocycles. The van der Waals surface area contributed by atoms with Crippen molar-refractivity contribution in [3.05, 3.63) is 27.7 Å². The van der Waals surface area contributed by atoms with Crippen LogP contribution in [0.2, 0.25) is 0 Å². The fourth-order valence-corrected chi connectivity index (χ4v) is 2.54. The summed E-state index contributed by atoms with van der Waals surface area (Å²) in [6.45, 7) is 1.92. The molecular formula is C11H12BrNO3. The molecule has 0 bridgehead atoms. The second-order valence-electron chi connectivity index (χ2n) is 3.59. The number of methoxy groups -OCH3 is 2. The number of benzene rings is 1. The number of carbonyl (C=O) groups excluding carboxylic acids is 1. The molecule has 0 saturated carbocycles. The molecule has 1 aromatic carbocycles. The zero-order valence-electron chi connectivity index (χ0n) is 9.26. The summed E-state index contributed by atoms with van der Waals surface area (Å²) in [5, 5.41) is 2.78. The molecule has 0 fully saturated rings. The highest BCUT2D eigenvalue weighted by Crippen LogP contribution is 2.44. The van der Waals surface area contributed by atoms with Gasteiger partial charge in [-0.3, -0.25) is 4.79 Å². The van der Waals surface area contributed by atoms with Crippen molar-refractivity contribution in [1.82, 2.24) is 0 Å². The maximum atomic E-state index is 11.9. The lowest BCUT2D eigenvalue weighted by Crippen LogP contribution is -2.38. The summed E-state index contributed by atoms with van der Waals surface area (Å²) in [7, 11) is 2.90. The predicted octanol–water partition coefficient (Wildman–Crippen LogP) is 2.16. The van der Waals surface area contributed by atoms with Crippen LogP contribution in [0.3, 0.4) is 0 Å². The molecule has 4 nitrogen and oxygen atoms in total. The average molecular weight is 286 g/mol. The minimum absolute atomic E-state index is 0.303. The Morgan fingerprint density at radius 1 is 1.31 bits per heavy atom. The molecule has 1 aliphatic heterocycles. The van der Waals surface area contributed by atoms with Crippen molar-refractivity contribution in [1.29, 1.82) is 0 Å². The summed E-state index contributed by atoms with van der Waals surface area (Å²) in [5.41, 5.74) is 2.42. The normalized spacial score (nSPS) is 17.1. The third kappa shape index (κ3) is 1.32. The number of halogens is 1. The first-order valence-corrected chi connectivity index (χ1v) is 5.57. The molecule has 1 aromatic rings. The van der Waals surface area contributed by atoms with E-state index >= 15 is 0 Å². The van der Waals surface area contributed by atoms with Gasteiger partial charge in [-0.05, 0) is 18.6 Å². The van der Waals surface area contributed by atoms with Crippen molar-refractivity contribution in [3.8, 4) is 0 Å². The van der Waals surface area contributed by atoms with E-state index in [2.05, 4.69) is 21.2 Å². The second-order valence-corrected chi connectivity index (χ2v) is 4.45. The first-order chi connectivity index (χ1) is 7.56. The summed E-state index contributed by atoms with van der Waals surface area (Å²) in [6, 6.07) is 3.80. The van der Waals surface area contributed by atoms with E-state index in [0.717, 1.165) is 15.7 Å². The maximum absolute atomic E-state index is 11.9. The number of fused-ring (bicyclic) bond motifs is 1. The maximum Gasteiger partial charge on any atom is 0.289 e. The highest BCUT2D eigenvalue weighted by atomic mass is 79.9. The van der Waals surface area contributed by atoms with Crippen LogP contribution >= 0.6 is 15.9 Å². The monoisotopic (exact) mass is 285 g/mol. The van der Waals surface area contributed by atoms with E-state index in [-0.39, 0.29) is 5.91 Å². The highest BCUT2D eigenvalue weighted by Gasteiger charge is 2.50. The van der Waals surface area contributed by atoms with Crippen LogP contribution in [-0.2, 0) is 20.1 Å². The van der Waals surface area contributed by atoms with E-state index in [1.807, 2.05) is 19.1 Å². The Balaban J connectivity index is 2.73. The van der Waals surface area contributed by atoms with E-state index in [9.17, 15) is 4.79 Å². The van der Waals surface area contributed by atoms with Crippen molar-refractivity contribution >= 4 is 27.5 Å². The molecule has 1 amide bonds. The molecule has 2 rings (SSSR count). The number of ether oxygens (including phenoxy) is 2. The van der Waals surface area contributed by atoms with Crippen molar-refractivity contribution in [2.75, 3.05) is 19.5 Å². The lowest BCUT2D eigenvalue weighted by atomic mass is 10.0. The molecule has 0 aromatic heterocycles. The van der Waals surface area contributed by atoms with Crippen LogP contribution in [0.5, 0.6) is 0 Å². The van der Waals surface area contributed by atoms with Crippen LogP contribution in [0, 0.1) is 6.92 Å². The van der Waals surface area contributed by atoms with Gasteiger partial charge in [0.05, 0.1) is 11.3 Å². The van der Waals surface area contributed by atoms with Crippen molar-refractivity contribution in [2.45, 2.75) is 12.7 Å². The Kier molecular flexibility index (Phi) is 2.77. The molecule has 1 aliphatic rings. The van der Waals surface area contributed by atoms with Gasteiger partial charge in [0.2, 0.25) is 0 Å². The summed E-state index contributed by atoms with van der Waals surface area (Å²) in [5.74, 6) is -1.65. The van der Waals surface area contributed by atoms with Gasteiger partial charge >= 0.3 is 0 Å². The predicted molar refractivity (Wildman–Crippen MR) is 63.2 cm³/mol. The zero-order valence-corrected chi connectivity index (χ0v) is 10.8. The van der Waals surface area contributed by atoms with Crippen LogP contribution in [0.4, 0.5) is 5.69 Å². The number of hydrogen-bond donors (Lipinski definition) is 1.